The number of nitrogens with one attached hydrogen (secondary N) is 3. The number of nitrogens with zero attached hydrogens (tertiary/aromatic N) is 1. The maximum Gasteiger partial charge on any atom is 0.154 e. The lowest BCUT2D eigenvalue weighted by molar-refractivity contribution is -0.135. The quantitative estimate of drug-likeness (QED) is 0.535. The van der Waals surface area contributed by atoms with Crippen LogP contribution in [0, 0.1) is 45.8 Å². The molecule has 1 heterocycles. The molecule has 0 aromatic rings. The lowest BCUT2D eigenvalue weighted by atomic mass is 9.43. The third-order valence-corrected chi connectivity index (χ3v) is 9.74. The van der Waals surface area contributed by atoms with Crippen LogP contribution in [0.3, 0.4) is 0 Å². The van der Waals surface area contributed by atoms with Gasteiger partial charge < -0.3 is 26.1 Å². The van der Waals surface area contributed by atoms with Gasteiger partial charge in [0.25, 0.3) is 0 Å². The first-order valence-electron chi connectivity index (χ1n) is 12.1. The Bertz CT molecular complexity index is 764. The van der Waals surface area contributed by atoms with Crippen LogP contribution >= 0.6 is 0 Å². The molecule has 0 aromatic heterocycles. The van der Waals surface area contributed by atoms with Crippen molar-refractivity contribution in [3.05, 3.63) is 12.4 Å². The number of hydrogen-bond acceptors (Lipinski definition) is 7. The molecule has 0 amide bonds. The number of rotatable bonds is 5. The fourth-order valence-corrected chi connectivity index (χ4v) is 8.63. The number of hydrogen-bond donors (Lipinski definition) is 4. The normalized spacial score (nSPS) is 46.6. The van der Waals surface area contributed by atoms with Gasteiger partial charge in [-0.15, -0.1) is 5.12 Å². The zero-order valence-electron chi connectivity index (χ0n) is 18.9. The topological polar surface area (TPSA) is 97.7 Å². The van der Waals surface area contributed by atoms with E-state index in [0.29, 0.717) is 30.9 Å². The van der Waals surface area contributed by atoms with E-state index < -0.39 is 0 Å². The van der Waals surface area contributed by atoms with E-state index in [1.807, 2.05) is 0 Å². The minimum Gasteiger partial charge on any atom is -0.393 e. The summed E-state index contributed by atoms with van der Waals surface area (Å²) >= 11 is 0. The van der Waals surface area contributed by atoms with E-state index in [2.05, 4.69) is 17.8 Å². The van der Waals surface area contributed by atoms with Gasteiger partial charge in [-0.1, -0.05) is 6.92 Å². The van der Waals surface area contributed by atoms with Crippen LogP contribution in [0.15, 0.2) is 12.4 Å². The zero-order chi connectivity index (χ0) is 21.8. The van der Waals surface area contributed by atoms with E-state index >= 15 is 0 Å². The highest BCUT2D eigenvalue weighted by molar-refractivity contribution is 5.90. The number of carbonyl (C=O) groups excluding carboxylic acids is 1. The molecular weight excluding hydrogens is 392 g/mol. The number of ketones is 1. The first kappa shape index (κ1) is 21.4. The van der Waals surface area contributed by atoms with E-state index in [4.69, 9.17) is 4.74 Å². The van der Waals surface area contributed by atoms with Gasteiger partial charge in [-0.3, -0.25) is 4.79 Å². The molecule has 31 heavy (non-hydrogen) atoms. The van der Waals surface area contributed by atoms with Crippen LogP contribution in [0.5, 0.6) is 0 Å². The van der Waals surface area contributed by atoms with Crippen LogP contribution in [0.25, 0.3) is 0 Å². The fourth-order valence-electron chi connectivity index (χ4n) is 8.63. The van der Waals surface area contributed by atoms with Crippen molar-refractivity contribution >= 4 is 11.5 Å². The zero-order valence-corrected chi connectivity index (χ0v) is 18.9. The summed E-state index contributed by atoms with van der Waals surface area (Å²) in [6.45, 7) is 3.33. The van der Waals surface area contributed by atoms with Crippen molar-refractivity contribution in [3.63, 3.8) is 0 Å². The SMILES string of the molecule is COC[C@]12CC[C@@H](O)C[C@@H]1CC[C@@H]1C2C(=N)C[C@]2(C)[C@@H](C(=O)CN3NC=CN3)CC[C@@H]12. The molecule has 5 rings (SSSR count). The lowest BCUT2D eigenvalue weighted by Gasteiger charge is -2.61. The highest BCUT2D eigenvalue weighted by atomic mass is 16.5. The Hall–Kier alpha value is -1.44. The molecule has 4 N–H and O–H groups in total. The molecule has 0 saturated heterocycles. The Morgan fingerprint density at radius 1 is 1.26 bits per heavy atom. The number of hydrazine groups is 2. The van der Waals surface area contributed by atoms with Gasteiger partial charge >= 0.3 is 0 Å². The van der Waals surface area contributed by atoms with Gasteiger partial charge in [0.05, 0.1) is 19.3 Å². The van der Waals surface area contributed by atoms with Crippen molar-refractivity contribution in [3.8, 4) is 0 Å². The molecule has 4 fully saturated rings. The molecule has 0 bridgehead atoms. The summed E-state index contributed by atoms with van der Waals surface area (Å²) < 4.78 is 5.79. The molecule has 1 unspecified atom stereocenters. The summed E-state index contributed by atoms with van der Waals surface area (Å²) in [7, 11) is 1.79. The van der Waals surface area contributed by atoms with Crippen molar-refractivity contribution in [2.75, 3.05) is 20.3 Å². The molecular formula is C24H38N4O3. The van der Waals surface area contributed by atoms with E-state index in [1.165, 1.54) is 0 Å². The molecule has 0 spiro atoms. The molecule has 172 valence electrons. The van der Waals surface area contributed by atoms with E-state index in [9.17, 15) is 15.3 Å². The molecule has 4 aliphatic carbocycles. The number of ether oxygens (including phenoxy) is 1. The van der Waals surface area contributed by atoms with Gasteiger partial charge in [0.2, 0.25) is 0 Å². The van der Waals surface area contributed by atoms with E-state index in [1.54, 1.807) is 24.6 Å². The maximum atomic E-state index is 13.3. The van der Waals surface area contributed by atoms with Crippen LogP contribution in [0.4, 0.5) is 0 Å². The van der Waals surface area contributed by atoms with Crippen LogP contribution in [0.2, 0.25) is 0 Å². The van der Waals surface area contributed by atoms with E-state index in [0.717, 1.165) is 57.1 Å². The molecule has 0 aromatic carbocycles. The second kappa shape index (κ2) is 7.85. The summed E-state index contributed by atoms with van der Waals surface area (Å²) in [5.74, 6) is 1.96. The van der Waals surface area contributed by atoms with Crippen LogP contribution < -0.4 is 10.9 Å². The van der Waals surface area contributed by atoms with Crippen LogP contribution in [-0.2, 0) is 9.53 Å². The maximum absolute atomic E-state index is 13.3. The third-order valence-electron chi connectivity index (χ3n) is 9.74. The van der Waals surface area contributed by atoms with Gasteiger partial charge in [-0.25, -0.2) is 0 Å². The summed E-state index contributed by atoms with van der Waals surface area (Å²) in [5.41, 5.74) is 6.82. The van der Waals surface area contributed by atoms with Gasteiger partial charge in [0.1, 0.15) is 0 Å². The molecule has 7 heteroatoms. The van der Waals surface area contributed by atoms with Crippen LogP contribution in [-0.4, -0.2) is 48.1 Å². The van der Waals surface area contributed by atoms with Crippen molar-refractivity contribution in [1.82, 2.24) is 16.0 Å². The molecule has 0 radical (unpaired) electrons. The molecule has 4 saturated carbocycles. The van der Waals surface area contributed by atoms with Gasteiger partial charge in [0.15, 0.2) is 5.78 Å². The molecule has 8 atom stereocenters. The van der Waals surface area contributed by atoms with Crippen molar-refractivity contribution in [2.45, 2.75) is 64.4 Å². The largest absolute Gasteiger partial charge is 0.393 e. The summed E-state index contributed by atoms with van der Waals surface area (Å²) in [6, 6.07) is 0. The third kappa shape index (κ3) is 3.26. The number of carbonyl (C=O) groups is 1. The number of Topliss-reactive ketones (excluding diaryl/α,β-unsaturated/α-hetero) is 1. The summed E-state index contributed by atoms with van der Waals surface area (Å²) in [6.07, 6.45) is 11.0. The lowest BCUT2D eigenvalue weighted by Crippen LogP contribution is -2.60. The Morgan fingerprint density at radius 2 is 2.03 bits per heavy atom. The first-order valence-corrected chi connectivity index (χ1v) is 12.1. The number of methoxy groups -OCH3 is 1. The average molecular weight is 431 g/mol. The first-order chi connectivity index (χ1) is 14.9. The van der Waals surface area contributed by atoms with Crippen LogP contribution in [0.1, 0.15) is 58.3 Å². The second-order valence-electron chi connectivity index (χ2n) is 11.1. The fraction of sp³-hybridized carbons (Fsp3) is 0.833. The Balaban J connectivity index is 1.40. The standard InChI is InChI=1S/C24H38N4O3/c1-23-12-20(25)22-17(4-3-15-11-16(29)7-8-24(15,22)14-31-2)18(23)5-6-19(23)21(30)13-28-26-9-10-27-28/h9-10,15-19,22,25-27,29H,3-8,11-14H2,1-2H3/t15-,16+,17-,18-,19+,22?,23-,24+/m0/s1. The highest BCUT2D eigenvalue weighted by Crippen LogP contribution is 2.66. The molecule has 5 aliphatic rings. The number of fused-ring (bicyclic) bond motifs is 5. The van der Waals surface area contributed by atoms with Gasteiger partial charge in [-0.05, 0) is 74.5 Å². The summed E-state index contributed by atoms with van der Waals surface area (Å²) in [4.78, 5) is 13.3. The minimum atomic E-state index is -0.203. The Labute approximate surface area is 185 Å². The Kier molecular flexibility index (Phi) is 5.42. The molecule has 7 nitrogen and oxygen atoms in total. The van der Waals surface area contributed by atoms with Gasteiger partial charge in [0, 0.05) is 42.5 Å². The number of aliphatic hydroxyl groups excluding tert-OH is 1. The average Bonchev–Trinajstić information content (AvgIpc) is 3.35. The molecule has 1 aliphatic heterocycles. The van der Waals surface area contributed by atoms with Gasteiger partial charge in [-0.2, -0.15) is 0 Å². The smallest absolute Gasteiger partial charge is 0.154 e. The van der Waals surface area contributed by atoms with Crippen molar-refractivity contribution in [2.24, 2.45) is 40.4 Å². The second-order valence-corrected chi connectivity index (χ2v) is 11.1. The van der Waals surface area contributed by atoms with E-state index in [-0.39, 0.29) is 34.6 Å². The predicted octanol–water partition coefficient (Wildman–Crippen LogP) is 2.63. The predicted molar refractivity (Wildman–Crippen MR) is 118 cm³/mol. The monoisotopic (exact) mass is 430 g/mol. The Morgan fingerprint density at radius 3 is 2.77 bits per heavy atom. The number of aliphatic hydroxyl groups is 1. The summed E-state index contributed by atoms with van der Waals surface area (Å²) in [5, 5.41) is 21.3. The van der Waals surface area contributed by atoms with Crippen molar-refractivity contribution < 1.29 is 14.6 Å². The minimum absolute atomic E-state index is 0.00747. The van der Waals surface area contributed by atoms with Crippen molar-refractivity contribution in [1.29, 1.82) is 5.41 Å². The highest BCUT2D eigenvalue weighted by Gasteiger charge is 2.64.